The lowest BCUT2D eigenvalue weighted by atomic mass is 10.0. The molecule has 0 aromatic rings. The minimum Gasteiger partial charge on any atom is -0.329 e. The zero-order chi connectivity index (χ0) is 13.6. The quantitative estimate of drug-likeness (QED) is 0.770. The van der Waals surface area contributed by atoms with Gasteiger partial charge in [-0.1, -0.05) is 6.42 Å². The number of carbonyl (C=O) groups excluding carboxylic acids is 2. The van der Waals surface area contributed by atoms with E-state index in [9.17, 15) is 9.59 Å². The fourth-order valence-corrected chi connectivity index (χ4v) is 4.94. The second kappa shape index (κ2) is 5.00. The Hall–Kier alpha value is -0.710. The molecule has 2 aliphatic heterocycles. The molecule has 2 amide bonds. The smallest absolute Gasteiger partial charge is 0.246 e. The molecule has 0 N–H and O–H groups in total. The number of hydrogen-bond acceptors (Lipinski definition) is 3. The second-order valence-corrected chi connectivity index (χ2v) is 6.96. The average Bonchev–Trinajstić information content (AvgIpc) is 3.05. The van der Waals surface area contributed by atoms with Crippen LogP contribution in [0.5, 0.6) is 0 Å². The number of amides is 2. The van der Waals surface area contributed by atoms with Crippen molar-refractivity contribution < 1.29 is 9.59 Å². The van der Waals surface area contributed by atoms with Crippen molar-refractivity contribution in [1.82, 2.24) is 9.80 Å². The first kappa shape index (κ1) is 13.3. The van der Waals surface area contributed by atoms with Gasteiger partial charge < -0.3 is 9.80 Å². The van der Waals surface area contributed by atoms with Crippen molar-refractivity contribution in [3.8, 4) is 0 Å². The maximum atomic E-state index is 12.7. The molecule has 5 heteroatoms. The third-order valence-electron chi connectivity index (χ3n) is 4.93. The summed E-state index contributed by atoms with van der Waals surface area (Å²) in [5.74, 6) is 0.365. The van der Waals surface area contributed by atoms with Gasteiger partial charge in [-0.25, -0.2) is 0 Å². The van der Waals surface area contributed by atoms with Gasteiger partial charge in [0.15, 0.2) is 0 Å². The third kappa shape index (κ3) is 1.97. The highest BCUT2D eigenvalue weighted by Crippen LogP contribution is 2.37. The summed E-state index contributed by atoms with van der Waals surface area (Å²) >= 11 is 1.85. The predicted molar refractivity (Wildman–Crippen MR) is 76.0 cm³/mol. The van der Waals surface area contributed by atoms with Crippen molar-refractivity contribution in [2.75, 3.05) is 12.8 Å². The van der Waals surface area contributed by atoms with Crippen LogP contribution in [0.2, 0.25) is 0 Å². The first-order valence-corrected chi connectivity index (χ1v) is 8.59. The Morgan fingerprint density at radius 1 is 1.11 bits per heavy atom. The predicted octanol–water partition coefficient (Wildman–Crippen LogP) is 1.49. The standard InChI is InChI=1S/C14H22N2O2S/c1-9-13(17)15-8-4-6-11(15)14(18)16(9)10-5-3-7-12(10)19-2/h9-12H,3-8H2,1-2H3. The van der Waals surface area contributed by atoms with Crippen LogP contribution in [0.4, 0.5) is 0 Å². The Kier molecular flexibility index (Phi) is 3.50. The van der Waals surface area contributed by atoms with E-state index in [0.717, 1.165) is 25.8 Å². The number of rotatable bonds is 2. The van der Waals surface area contributed by atoms with Crippen LogP contribution < -0.4 is 0 Å². The molecule has 3 aliphatic rings. The van der Waals surface area contributed by atoms with E-state index in [-0.39, 0.29) is 29.9 Å². The molecule has 19 heavy (non-hydrogen) atoms. The van der Waals surface area contributed by atoms with Crippen molar-refractivity contribution in [2.24, 2.45) is 0 Å². The van der Waals surface area contributed by atoms with Crippen LogP contribution in [0, 0.1) is 0 Å². The number of fused-ring (bicyclic) bond motifs is 1. The first-order valence-electron chi connectivity index (χ1n) is 7.30. The molecule has 3 fully saturated rings. The maximum Gasteiger partial charge on any atom is 0.246 e. The Balaban J connectivity index is 1.87. The van der Waals surface area contributed by atoms with Gasteiger partial charge in [0.1, 0.15) is 12.1 Å². The number of piperazine rings is 1. The number of thioether (sulfide) groups is 1. The van der Waals surface area contributed by atoms with Crippen molar-refractivity contribution >= 4 is 23.6 Å². The lowest BCUT2D eigenvalue weighted by Crippen LogP contribution is -2.65. The van der Waals surface area contributed by atoms with Crippen LogP contribution in [0.3, 0.4) is 0 Å². The highest BCUT2D eigenvalue weighted by atomic mass is 32.2. The third-order valence-corrected chi connectivity index (χ3v) is 6.08. The lowest BCUT2D eigenvalue weighted by Gasteiger charge is -2.45. The van der Waals surface area contributed by atoms with Crippen LogP contribution in [-0.2, 0) is 9.59 Å². The average molecular weight is 282 g/mol. The van der Waals surface area contributed by atoms with Gasteiger partial charge >= 0.3 is 0 Å². The monoisotopic (exact) mass is 282 g/mol. The summed E-state index contributed by atoms with van der Waals surface area (Å²) in [6, 6.07) is -0.157. The molecule has 0 spiro atoms. The van der Waals surface area contributed by atoms with Crippen LogP contribution >= 0.6 is 11.8 Å². The van der Waals surface area contributed by atoms with Crippen molar-refractivity contribution in [3.05, 3.63) is 0 Å². The van der Waals surface area contributed by atoms with Gasteiger partial charge in [-0.3, -0.25) is 9.59 Å². The molecule has 1 aliphatic carbocycles. The molecule has 4 unspecified atom stereocenters. The Morgan fingerprint density at radius 2 is 1.89 bits per heavy atom. The molecule has 0 radical (unpaired) electrons. The zero-order valence-corrected chi connectivity index (χ0v) is 12.5. The number of carbonyl (C=O) groups is 2. The lowest BCUT2D eigenvalue weighted by molar-refractivity contribution is -0.161. The minimum atomic E-state index is -0.264. The molecule has 0 aromatic carbocycles. The molecular weight excluding hydrogens is 260 g/mol. The topological polar surface area (TPSA) is 40.6 Å². The summed E-state index contributed by atoms with van der Waals surface area (Å²) in [5, 5.41) is 0.507. The van der Waals surface area contributed by atoms with Crippen molar-refractivity contribution in [2.45, 2.75) is 62.4 Å². The molecule has 3 rings (SSSR count). The zero-order valence-electron chi connectivity index (χ0n) is 11.7. The highest BCUT2D eigenvalue weighted by molar-refractivity contribution is 7.99. The summed E-state index contributed by atoms with van der Waals surface area (Å²) in [7, 11) is 0. The largest absolute Gasteiger partial charge is 0.329 e. The second-order valence-electron chi connectivity index (χ2n) is 5.88. The molecule has 2 heterocycles. The molecule has 2 saturated heterocycles. The molecule has 0 bridgehead atoms. The molecule has 1 saturated carbocycles. The summed E-state index contributed by atoms with van der Waals surface area (Å²) in [4.78, 5) is 28.9. The van der Waals surface area contributed by atoms with Gasteiger partial charge in [-0.2, -0.15) is 11.8 Å². The summed E-state index contributed by atoms with van der Waals surface area (Å²) in [6.07, 6.45) is 7.34. The summed E-state index contributed by atoms with van der Waals surface area (Å²) in [6.45, 7) is 2.68. The van der Waals surface area contributed by atoms with E-state index in [0.29, 0.717) is 5.25 Å². The van der Waals surface area contributed by atoms with Gasteiger partial charge in [0.2, 0.25) is 11.8 Å². The summed E-state index contributed by atoms with van der Waals surface area (Å²) in [5.41, 5.74) is 0. The van der Waals surface area contributed by atoms with Crippen LogP contribution in [0.1, 0.15) is 39.0 Å². The van der Waals surface area contributed by atoms with Crippen LogP contribution in [0.15, 0.2) is 0 Å². The van der Waals surface area contributed by atoms with Gasteiger partial charge in [0.25, 0.3) is 0 Å². The highest BCUT2D eigenvalue weighted by Gasteiger charge is 2.49. The fourth-order valence-electron chi connectivity index (χ4n) is 3.96. The Morgan fingerprint density at radius 3 is 2.63 bits per heavy atom. The van der Waals surface area contributed by atoms with Gasteiger partial charge in [-0.05, 0) is 38.9 Å². The van der Waals surface area contributed by atoms with Gasteiger partial charge in [0.05, 0.1) is 0 Å². The van der Waals surface area contributed by atoms with E-state index < -0.39 is 0 Å². The van der Waals surface area contributed by atoms with Gasteiger partial charge in [0, 0.05) is 17.8 Å². The van der Waals surface area contributed by atoms with Crippen LogP contribution in [-0.4, -0.2) is 57.8 Å². The Labute approximate surface area is 118 Å². The van der Waals surface area contributed by atoms with E-state index in [1.165, 1.54) is 12.8 Å². The van der Waals surface area contributed by atoms with E-state index in [2.05, 4.69) is 6.26 Å². The fraction of sp³-hybridized carbons (Fsp3) is 0.857. The Bertz CT molecular complexity index is 401. The molecule has 4 atom stereocenters. The molecule has 106 valence electrons. The van der Waals surface area contributed by atoms with Crippen molar-refractivity contribution in [1.29, 1.82) is 0 Å². The number of hydrogen-bond donors (Lipinski definition) is 0. The van der Waals surface area contributed by atoms with Crippen LogP contribution in [0.25, 0.3) is 0 Å². The minimum absolute atomic E-state index is 0.160. The molecule has 0 aromatic heterocycles. The molecular formula is C14H22N2O2S. The van der Waals surface area contributed by atoms with E-state index in [4.69, 9.17) is 0 Å². The summed E-state index contributed by atoms with van der Waals surface area (Å²) < 4.78 is 0. The maximum absolute atomic E-state index is 12.7. The normalized spacial score (nSPS) is 39.1. The van der Waals surface area contributed by atoms with Crippen molar-refractivity contribution in [3.63, 3.8) is 0 Å². The number of nitrogens with zero attached hydrogens (tertiary/aromatic N) is 2. The van der Waals surface area contributed by atoms with Gasteiger partial charge in [-0.15, -0.1) is 0 Å². The van der Waals surface area contributed by atoms with E-state index in [1.54, 1.807) is 0 Å². The first-order chi connectivity index (χ1) is 9.15. The molecule has 4 nitrogen and oxygen atoms in total. The SMILES string of the molecule is CSC1CCCC1N1C(=O)C2CCCN2C(=O)C1C. The van der Waals surface area contributed by atoms with E-state index >= 15 is 0 Å². The van der Waals surface area contributed by atoms with E-state index in [1.807, 2.05) is 28.5 Å².